The van der Waals surface area contributed by atoms with Crippen molar-refractivity contribution in [3.8, 4) is 16.8 Å². The molecule has 0 saturated heterocycles. The van der Waals surface area contributed by atoms with Gasteiger partial charge in [-0.25, -0.2) is 0 Å². The van der Waals surface area contributed by atoms with E-state index in [4.69, 9.17) is 5.26 Å². The molecular weight excluding hydrogens is 414 g/mol. The van der Waals surface area contributed by atoms with E-state index < -0.39 is 0 Å². The maximum absolute atomic E-state index is 13.1. The van der Waals surface area contributed by atoms with Gasteiger partial charge in [-0.15, -0.1) is 21.5 Å². The Kier molecular flexibility index (Phi) is 5.15. The molecule has 4 aromatic rings. The highest BCUT2D eigenvalue weighted by Crippen LogP contribution is 2.41. The maximum atomic E-state index is 13.1. The molecule has 0 bridgehead atoms. The zero-order chi connectivity index (χ0) is 20.5. The van der Waals surface area contributed by atoms with E-state index in [9.17, 15) is 4.79 Å². The van der Waals surface area contributed by atoms with E-state index in [1.54, 1.807) is 11.3 Å². The number of aryl methyl sites for hydroxylation is 1. The van der Waals surface area contributed by atoms with Crippen molar-refractivity contribution in [2.24, 2.45) is 0 Å². The summed E-state index contributed by atoms with van der Waals surface area (Å²) in [6.07, 6.45) is 4.55. The molecule has 30 heavy (non-hydrogen) atoms. The van der Waals surface area contributed by atoms with E-state index in [2.05, 4.69) is 26.9 Å². The van der Waals surface area contributed by atoms with Crippen molar-refractivity contribution >= 4 is 39.8 Å². The number of fused-ring (bicyclic) bond motifs is 1. The Morgan fingerprint density at radius 3 is 2.87 bits per heavy atom. The normalized spacial score (nSPS) is 13.6. The lowest BCUT2D eigenvalue weighted by atomic mass is 10.1. The lowest BCUT2D eigenvalue weighted by molar-refractivity contribution is 0.102. The van der Waals surface area contributed by atoms with E-state index in [0.717, 1.165) is 39.6 Å². The van der Waals surface area contributed by atoms with Crippen LogP contribution in [0.25, 0.3) is 21.6 Å². The molecule has 3 aromatic heterocycles. The molecule has 6 nitrogen and oxygen atoms in total. The Balaban J connectivity index is 1.39. The summed E-state index contributed by atoms with van der Waals surface area (Å²) in [5.41, 5.74) is 1.69. The van der Waals surface area contributed by atoms with Gasteiger partial charge in [0.15, 0.2) is 16.8 Å². The van der Waals surface area contributed by atoms with Crippen LogP contribution >= 0.6 is 23.1 Å². The van der Waals surface area contributed by atoms with Crippen LogP contribution in [0.3, 0.4) is 0 Å². The fourth-order valence-corrected chi connectivity index (χ4v) is 5.24. The molecule has 8 heteroatoms. The first kappa shape index (κ1) is 19.1. The van der Waals surface area contributed by atoms with Gasteiger partial charge in [0.25, 0.3) is 0 Å². The number of para-hydroxylation sites is 1. The van der Waals surface area contributed by atoms with Crippen LogP contribution in [-0.4, -0.2) is 30.9 Å². The second kappa shape index (κ2) is 8.09. The highest BCUT2D eigenvalue weighted by Gasteiger charge is 2.30. The van der Waals surface area contributed by atoms with E-state index in [-0.39, 0.29) is 5.78 Å². The molecule has 150 valence electrons. The maximum Gasteiger partial charge on any atom is 0.192 e. The Morgan fingerprint density at radius 2 is 2.10 bits per heavy atom. The predicted octanol–water partition coefficient (Wildman–Crippen LogP) is 5.18. The Morgan fingerprint density at radius 1 is 1.23 bits per heavy atom. The number of Topliss-reactive ketones (excluding diaryl/α,β-unsaturated/α-hetero) is 1. The standard InChI is InChI=1S/C22H19N5OS2/c23-10-4-11-26-13-17(16-5-1-2-6-18(16)26)19(28)14-30-22-25-24-21(20-7-3-12-29-20)27(22)15-8-9-15/h1-3,5-7,12-13,15H,4,8-9,11,14H2. The third kappa shape index (κ3) is 3.55. The summed E-state index contributed by atoms with van der Waals surface area (Å²) < 4.78 is 4.19. The molecule has 0 unspecified atom stereocenters. The lowest BCUT2D eigenvalue weighted by Gasteiger charge is -2.07. The van der Waals surface area contributed by atoms with Crippen LogP contribution < -0.4 is 0 Å². The van der Waals surface area contributed by atoms with Crippen molar-refractivity contribution in [1.29, 1.82) is 5.26 Å². The molecule has 1 aromatic carbocycles. The average Bonchev–Trinajstić information content (AvgIpc) is 3.18. The van der Waals surface area contributed by atoms with Crippen LogP contribution in [0.2, 0.25) is 0 Å². The molecule has 0 amide bonds. The van der Waals surface area contributed by atoms with Crippen molar-refractivity contribution in [2.45, 2.75) is 37.0 Å². The number of thioether (sulfide) groups is 1. The number of hydrogen-bond donors (Lipinski definition) is 0. The number of rotatable bonds is 8. The van der Waals surface area contributed by atoms with E-state index in [1.165, 1.54) is 11.8 Å². The number of benzene rings is 1. The predicted molar refractivity (Wildman–Crippen MR) is 119 cm³/mol. The van der Waals surface area contributed by atoms with Crippen LogP contribution in [0.4, 0.5) is 0 Å². The van der Waals surface area contributed by atoms with E-state index >= 15 is 0 Å². The van der Waals surface area contributed by atoms with Gasteiger partial charge in [0.2, 0.25) is 0 Å². The number of hydrogen-bond acceptors (Lipinski definition) is 6. The largest absolute Gasteiger partial charge is 0.346 e. The van der Waals surface area contributed by atoms with Crippen molar-refractivity contribution in [2.75, 3.05) is 5.75 Å². The SMILES string of the molecule is N#CCCn1cc(C(=O)CSc2nnc(-c3cccs3)n2C2CC2)c2ccccc21. The fraction of sp³-hybridized carbons (Fsp3) is 0.273. The molecule has 1 aliphatic carbocycles. The van der Waals surface area contributed by atoms with Gasteiger partial charge in [-0.05, 0) is 30.4 Å². The van der Waals surface area contributed by atoms with E-state index in [0.29, 0.717) is 30.3 Å². The van der Waals surface area contributed by atoms with Gasteiger partial charge in [0, 0.05) is 35.2 Å². The minimum absolute atomic E-state index is 0.0647. The molecule has 0 atom stereocenters. The van der Waals surface area contributed by atoms with Crippen LogP contribution in [0.1, 0.15) is 35.7 Å². The van der Waals surface area contributed by atoms with Gasteiger partial charge < -0.3 is 4.57 Å². The first-order valence-electron chi connectivity index (χ1n) is 9.86. The second-order valence-corrected chi connectivity index (χ2v) is 9.15. The molecule has 0 radical (unpaired) electrons. The van der Waals surface area contributed by atoms with Crippen LogP contribution in [-0.2, 0) is 6.54 Å². The van der Waals surface area contributed by atoms with Gasteiger partial charge in [-0.1, -0.05) is 36.0 Å². The third-order valence-corrected chi connectivity index (χ3v) is 7.01. The zero-order valence-electron chi connectivity index (χ0n) is 16.2. The molecule has 1 fully saturated rings. The summed E-state index contributed by atoms with van der Waals surface area (Å²) in [6.45, 7) is 0.581. The average molecular weight is 434 g/mol. The van der Waals surface area contributed by atoms with Crippen LogP contribution in [0.5, 0.6) is 0 Å². The Hall–Kier alpha value is -2.89. The number of carbonyl (C=O) groups excluding carboxylic acids is 1. The van der Waals surface area contributed by atoms with Crippen LogP contribution in [0.15, 0.2) is 53.1 Å². The molecular formula is C22H19N5OS2. The molecule has 1 saturated carbocycles. The first-order valence-corrected chi connectivity index (χ1v) is 11.7. The number of ketones is 1. The van der Waals surface area contributed by atoms with E-state index in [1.807, 2.05) is 46.5 Å². The van der Waals surface area contributed by atoms with Gasteiger partial charge in [-0.2, -0.15) is 5.26 Å². The monoisotopic (exact) mass is 433 g/mol. The number of thiophene rings is 1. The molecule has 0 aliphatic heterocycles. The second-order valence-electron chi connectivity index (χ2n) is 7.26. The Bertz CT molecular complexity index is 1240. The summed E-state index contributed by atoms with van der Waals surface area (Å²) in [6, 6.07) is 14.5. The third-order valence-electron chi connectivity index (χ3n) is 5.20. The molecule has 0 spiro atoms. The summed E-state index contributed by atoms with van der Waals surface area (Å²) in [7, 11) is 0. The Labute approximate surface area is 182 Å². The number of nitrogens with zero attached hydrogens (tertiary/aromatic N) is 5. The minimum atomic E-state index is 0.0647. The molecule has 3 heterocycles. The molecule has 0 N–H and O–H groups in total. The molecule has 1 aliphatic rings. The summed E-state index contributed by atoms with van der Waals surface area (Å²) in [5, 5.41) is 21.5. The fourth-order valence-electron chi connectivity index (χ4n) is 3.64. The zero-order valence-corrected chi connectivity index (χ0v) is 17.8. The number of nitriles is 1. The van der Waals surface area contributed by atoms with Crippen molar-refractivity contribution in [1.82, 2.24) is 19.3 Å². The van der Waals surface area contributed by atoms with Crippen LogP contribution in [0, 0.1) is 11.3 Å². The van der Waals surface area contributed by atoms with Gasteiger partial charge >= 0.3 is 0 Å². The highest BCUT2D eigenvalue weighted by molar-refractivity contribution is 7.99. The number of aromatic nitrogens is 4. The van der Waals surface area contributed by atoms with Crippen molar-refractivity contribution in [3.63, 3.8) is 0 Å². The smallest absolute Gasteiger partial charge is 0.192 e. The van der Waals surface area contributed by atoms with Gasteiger partial charge in [0.05, 0.1) is 23.1 Å². The summed E-state index contributed by atoms with van der Waals surface area (Å²) in [5.74, 6) is 1.27. The van der Waals surface area contributed by atoms with Crippen molar-refractivity contribution in [3.05, 3.63) is 53.5 Å². The van der Waals surface area contributed by atoms with Gasteiger partial charge in [0.1, 0.15) is 0 Å². The quantitative estimate of drug-likeness (QED) is 0.282. The van der Waals surface area contributed by atoms with Crippen molar-refractivity contribution < 1.29 is 4.79 Å². The summed E-state index contributed by atoms with van der Waals surface area (Å²) >= 11 is 3.11. The minimum Gasteiger partial charge on any atom is -0.346 e. The number of carbonyl (C=O) groups is 1. The topological polar surface area (TPSA) is 76.5 Å². The summed E-state index contributed by atoms with van der Waals surface area (Å²) in [4.78, 5) is 14.2. The lowest BCUT2D eigenvalue weighted by Crippen LogP contribution is -2.05. The first-order chi connectivity index (χ1) is 14.8. The highest BCUT2D eigenvalue weighted by atomic mass is 32.2. The molecule has 5 rings (SSSR count). The van der Waals surface area contributed by atoms with Gasteiger partial charge in [-0.3, -0.25) is 9.36 Å².